The number of rotatable bonds is 5. The molecule has 0 aromatic heterocycles. The second-order valence-corrected chi connectivity index (χ2v) is 4.47. The van der Waals surface area contributed by atoms with Crippen molar-refractivity contribution in [1.82, 2.24) is 0 Å². The monoisotopic (exact) mass is 224 g/mol. The molecule has 0 fully saturated rings. The highest BCUT2D eigenvalue weighted by molar-refractivity contribution is 5.45. The van der Waals surface area contributed by atoms with Gasteiger partial charge in [0.25, 0.3) is 0 Å². The van der Waals surface area contributed by atoms with Gasteiger partial charge in [0.05, 0.1) is 20.3 Å². The third-order valence-electron chi connectivity index (χ3n) is 2.72. The van der Waals surface area contributed by atoms with E-state index in [0.29, 0.717) is 6.61 Å². The standard InChI is InChI=1S/C13H20O3/c1-13(2,9-14)11-7-5-6-10(8-15-3)12(11)16-4/h5-7,14H,8-9H2,1-4H3. The van der Waals surface area contributed by atoms with E-state index in [2.05, 4.69) is 0 Å². The molecule has 16 heavy (non-hydrogen) atoms. The summed E-state index contributed by atoms with van der Waals surface area (Å²) in [4.78, 5) is 0. The number of hydrogen-bond donors (Lipinski definition) is 1. The third-order valence-corrected chi connectivity index (χ3v) is 2.72. The van der Waals surface area contributed by atoms with E-state index in [0.717, 1.165) is 16.9 Å². The van der Waals surface area contributed by atoms with Gasteiger partial charge in [0.2, 0.25) is 0 Å². The molecule has 0 aliphatic carbocycles. The minimum atomic E-state index is -0.310. The molecule has 0 saturated carbocycles. The Balaban J connectivity index is 3.23. The zero-order valence-electron chi connectivity index (χ0n) is 10.4. The molecule has 0 saturated heterocycles. The molecule has 0 bridgehead atoms. The van der Waals surface area contributed by atoms with Gasteiger partial charge in [0.15, 0.2) is 0 Å². The Labute approximate surface area is 97.0 Å². The normalized spacial score (nSPS) is 11.6. The summed E-state index contributed by atoms with van der Waals surface area (Å²) in [5, 5.41) is 9.40. The lowest BCUT2D eigenvalue weighted by atomic mass is 9.84. The molecule has 0 unspecified atom stereocenters. The topological polar surface area (TPSA) is 38.7 Å². The number of para-hydroxylation sites is 1. The second kappa shape index (κ2) is 5.32. The van der Waals surface area contributed by atoms with E-state index in [9.17, 15) is 5.11 Å². The molecule has 0 heterocycles. The SMILES string of the molecule is COCc1cccc(C(C)(C)CO)c1OC. The van der Waals surface area contributed by atoms with Gasteiger partial charge in [0, 0.05) is 23.7 Å². The molecule has 3 heteroatoms. The highest BCUT2D eigenvalue weighted by Gasteiger charge is 2.24. The number of aliphatic hydroxyl groups excluding tert-OH is 1. The summed E-state index contributed by atoms with van der Waals surface area (Å²) in [6.45, 7) is 4.57. The minimum Gasteiger partial charge on any atom is -0.496 e. The predicted octanol–water partition coefficient (Wildman–Crippen LogP) is 2.11. The van der Waals surface area contributed by atoms with Crippen molar-refractivity contribution >= 4 is 0 Å². The van der Waals surface area contributed by atoms with Crippen LogP contribution in [0.2, 0.25) is 0 Å². The number of methoxy groups -OCH3 is 2. The highest BCUT2D eigenvalue weighted by atomic mass is 16.5. The summed E-state index contributed by atoms with van der Waals surface area (Å²) in [5.74, 6) is 0.809. The molecule has 3 nitrogen and oxygen atoms in total. The van der Waals surface area contributed by atoms with Gasteiger partial charge in [-0.3, -0.25) is 0 Å². The fraction of sp³-hybridized carbons (Fsp3) is 0.538. The minimum absolute atomic E-state index is 0.0831. The van der Waals surface area contributed by atoms with Crippen LogP contribution in [-0.2, 0) is 16.8 Å². The fourth-order valence-corrected chi connectivity index (χ4v) is 1.71. The highest BCUT2D eigenvalue weighted by Crippen LogP contribution is 2.34. The summed E-state index contributed by atoms with van der Waals surface area (Å²) in [6, 6.07) is 5.91. The average Bonchev–Trinajstić information content (AvgIpc) is 2.29. The van der Waals surface area contributed by atoms with Crippen molar-refractivity contribution in [2.75, 3.05) is 20.8 Å². The number of aliphatic hydroxyl groups is 1. The van der Waals surface area contributed by atoms with Crippen molar-refractivity contribution in [3.63, 3.8) is 0 Å². The molecular weight excluding hydrogens is 204 g/mol. The van der Waals surface area contributed by atoms with Crippen LogP contribution < -0.4 is 4.74 Å². The first kappa shape index (κ1) is 13.0. The van der Waals surface area contributed by atoms with E-state index >= 15 is 0 Å². The van der Waals surface area contributed by atoms with Crippen LogP contribution in [0.1, 0.15) is 25.0 Å². The summed E-state index contributed by atoms with van der Waals surface area (Å²) >= 11 is 0. The lowest BCUT2D eigenvalue weighted by Crippen LogP contribution is -2.23. The molecular formula is C13H20O3. The van der Waals surface area contributed by atoms with Crippen LogP contribution in [0.5, 0.6) is 5.75 Å². The van der Waals surface area contributed by atoms with Gasteiger partial charge in [-0.25, -0.2) is 0 Å². The third kappa shape index (κ3) is 2.54. The van der Waals surface area contributed by atoms with E-state index in [1.807, 2.05) is 32.0 Å². The molecule has 0 aliphatic heterocycles. The van der Waals surface area contributed by atoms with E-state index in [1.54, 1.807) is 14.2 Å². The Bertz CT molecular complexity index is 345. The van der Waals surface area contributed by atoms with E-state index in [4.69, 9.17) is 9.47 Å². The number of benzene rings is 1. The smallest absolute Gasteiger partial charge is 0.128 e. The molecule has 0 spiro atoms. The number of hydrogen-bond acceptors (Lipinski definition) is 3. The summed E-state index contributed by atoms with van der Waals surface area (Å²) < 4.78 is 10.6. The van der Waals surface area contributed by atoms with Gasteiger partial charge in [0.1, 0.15) is 5.75 Å². The van der Waals surface area contributed by atoms with Crippen molar-refractivity contribution in [3.8, 4) is 5.75 Å². The number of ether oxygens (including phenoxy) is 2. The Morgan fingerprint density at radius 2 is 1.94 bits per heavy atom. The molecule has 1 aromatic carbocycles. The maximum atomic E-state index is 9.40. The molecule has 1 aromatic rings. The zero-order valence-corrected chi connectivity index (χ0v) is 10.4. The van der Waals surface area contributed by atoms with Gasteiger partial charge >= 0.3 is 0 Å². The van der Waals surface area contributed by atoms with E-state index in [1.165, 1.54) is 0 Å². The lowest BCUT2D eigenvalue weighted by molar-refractivity contribution is 0.180. The largest absolute Gasteiger partial charge is 0.496 e. The predicted molar refractivity (Wildman–Crippen MR) is 63.8 cm³/mol. The first-order chi connectivity index (χ1) is 7.56. The van der Waals surface area contributed by atoms with Crippen molar-refractivity contribution in [3.05, 3.63) is 29.3 Å². The maximum absolute atomic E-state index is 9.40. The van der Waals surface area contributed by atoms with Crippen LogP contribution in [0.25, 0.3) is 0 Å². The quantitative estimate of drug-likeness (QED) is 0.832. The van der Waals surface area contributed by atoms with Gasteiger partial charge in [-0.05, 0) is 0 Å². The van der Waals surface area contributed by atoms with Crippen LogP contribution in [0.4, 0.5) is 0 Å². The first-order valence-electron chi connectivity index (χ1n) is 5.33. The van der Waals surface area contributed by atoms with Gasteiger partial charge in [-0.1, -0.05) is 32.0 Å². The summed E-state index contributed by atoms with van der Waals surface area (Å²) in [5.41, 5.74) is 1.70. The van der Waals surface area contributed by atoms with Crippen molar-refractivity contribution < 1.29 is 14.6 Å². The summed E-state index contributed by atoms with van der Waals surface area (Å²) in [7, 11) is 3.30. The Morgan fingerprint density at radius 1 is 1.25 bits per heavy atom. The Hall–Kier alpha value is -1.06. The van der Waals surface area contributed by atoms with Crippen LogP contribution in [0, 0.1) is 0 Å². The fourth-order valence-electron chi connectivity index (χ4n) is 1.71. The molecule has 0 aliphatic rings. The van der Waals surface area contributed by atoms with E-state index < -0.39 is 0 Å². The lowest BCUT2D eigenvalue weighted by Gasteiger charge is -2.26. The van der Waals surface area contributed by atoms with E-state index in [-0.39, 0.29) is 12.0 Å². The van der Waals surface area contributed by atoms with Crippen LogP contribution >= 0.6 is 0 Å². The summed E-state index contributed by atoms with van der Waals surface area (Å²) in [6.07, 6.45) is 0. The molecule has 90 valence electrons. The average molecular weight is 224 g/mol. The molecule has 0 amide bonds. The zero-order chi connectivity index (χ0) is 12.2. The molecule has 1 rings (SSSR count). The Morgan fingerprint density at radius 3 is 2.44 bits per heavy atom. The van der Waals surface area contributed by atoms with Gasteiger partial charge in [-0.15, -0.1) is 0 Å². The Kier molecular flexibility index (Phi) is 4.33. The van der Waals surface area contributed by atoms with Crippen molar-refractivity contribution in [1.29, 1.82) is 0 Å². The van der Waals surface area contributed by atoms with Gasteiger partial charge in [-0.2, -0.15) is 0 Å². The van der Waals surface area contributed by atoms with Crippen molar-refractivity contribution in [2.45, 2.75) is 25.9 Å². The van der Waals surface area contributed by atoms with Crippen LogP contribution in [0.15, 0.2) is 18.2 Å². The van der Waals surface area contributed by atoms with Crippen molar-refractivity contribution in [2.24, 2.45) is 0 Å². The molecule has 1 N–H and O–H groups in total. The maximum Gasteiger partial charge on any atom is 0.128 e. The molecule has 0 atom stereocenters. The van der Waals surface area contributed by atoms with Crippen LogP contribution in [-0.4, -0.2) is 25.9 Å². The first-order valence-corrected chi connectivity index (χ1v) is 5.33. The second-order valence-electron chi connectivity index (χ2n) is 4.47. The molecule has 0 radical (unpaired) electrons. The van der Waals surface area contributed by atoms with Crippen LogP contribution in [0.3, 0.4) is 0 Å². The van der Waals surface area contributed by atoms with Gasteiger partial charge < -0.3 is 14.6 Å².